The molecule has 1 heterocycles. The predicted molar refractivity (Wildman–Crippen MR) is 111 cm³/mol. The highest BCUT2D eigenvalue weighted by Crippen LogP contribution is 2.27. The van der Waals surface area contributed by atoms with Gasteiger partial charge in [-0.05, 0) is 17.5 Å². The number of rotatable bonds is 4. The van der Waals surface area contributed by atoms with Crippen LogP contribution in [0.1, 0.15) is 24.0 Å². The summed E-state index contributed by atoms with van der Waals surface area (Å²) in [5.74, 6) is 0. The number of hydrogen-bond acceptors (Lipinski definition) is 4. The van der Waals surface area contributed by atoms with Crippen LogP contribution in [0.2, 0.25) is 0 Å². The molecule has 1 fully saturated rings. The standard InChI is InChI=1S/C24H32O4/c1-3-8-22(9-4-1)20-24(21-23-10-5-2-6-11-23)12-15-27-17-16-25-13-7-14-26-18-19-28-24/h1-6,8-11H,7,12-21H2. The molecule has 0 saturated carbocycles. The summed E-state index contributed by atoms with van der Waals surface area (Å²) in [6.07, 6.45) is 3.43. The molecule has 0 aromatic heterocycles. The lowest BCUT2D eigenvalue weighted by atomic mass is 9.85. The SMILES string of the molecule is c1ccc(CC2(Cc3ccccc3)CCOCCOCCCOCCO2)cc1. The molecule has 2 aromatic carbocycles. The fraction of sp³-hybridized carbons (Fsp3) is 0.500. The summed E-state index contributed by atoms with van der Waals surface area (Å²) in [6, 6.07) is 21.2. The molecule has 0 radical (unpaired) electrons. The van der Waals surface area contributed by atoms with Gasteiger partial charge in [-0.3, -0.25) is 0 Å². The van der Waals surface area contributed by atoms with Crippen LogP contribution in [0.15, 0.2) is 60.7 Å². The van der Waals surface area contributed by atoms with Crippen LogP contribution in [-0.4, -0.2) is 51.8 Å². The van der Waals surface area contributed by atoms with Crippen LogP contribution >= 0.6 is 0 Å². The van der Waals surface area contributed by atoms with Crippen molar-refractivity contribution in [1.29, 1.82) is 0 Å². The Bertz CT molecular complexity index is 587. The fourth-order valence-corrected chi connectivity index (χ4v) is 3.61. The average molecular weight is 385 g/mol. The molecule has 0 amide bonds. The molecule has 1 saturated heterocycles. The molecule has 0 N–H and O–H groups in total. The van der Waals surface area contributed by atoms with Crippen molar-refractivity contribution in [3.8, 4) is 0 Å². The molecular weight excluding hydrogens is 352 g/mol. The van der Waals surface area contributed by atoms with Gasteiger partial charge in [-0.25, -0.2) is 0 Å². The quantitative estimate of drug-likeness (QED) is 0.796. The van der Waals surface area contributed by atoms with Crippen molar-refractivity contribution in [1.82, 2.24) is 0 Å². The van der Waals surface area contributed by atoms with Crippen molar-refractivity contribution in [2.75, 3.05) is 46.2 Å². The van der Waals surface area contributed by atoms with Gasteiger partial charge in [0, 0.05) is 39.1 Å². The highest BCUT2D eigenvalue weighted by atomic mass is 16.5. The van der Waals surface area contributed by atoms with Crippen LogP contribution in [0.3, 0.4) is 0 Å². The molecule has 0 spiro atoms. The van der Waals surface area contributed by atoms with Gasteiger partial charge >= 0.3 is 0 Å². The molecule has 0 atom stereocenters. The maximum Gasteiger partial charge on any atom is 0.0785 e. The third-order valence-electron chi connectivity index (χ3n) is 5.03. The van der Waals surface area contributed by atoms with Crippen LogP contribution in [0.5, 0.6) is 0 Å². The van der Waals surface area contributed by atoms with Crippen LogP contribution in [-0.2, 0) is 31.8 Å². The molecule has 152 valence electrons. The number of benzene rings is 2. The van der Waals surface area contributed by atoms with E-state index >= 15 is 0 Å². The zero-order chi connectivity index (χ0) is 19.3. The van der Waals surface area contributed by atoms with E-state index in [1.54, 1.807) is 0 Å². The van der Waals surface area contributed by atoms with Gasteiger partial charge in [0.1, 0.15) is 0 Å². The van der Waals surface area contributed by atoms with Crippen LogP contribution < -0.4 is 0 Å². The normalized spacial score (nSPS) is 19.6. The fourth-order valence-electron chi connectivity index (χ4n) is 3.61. The van der Waals surface area contributed by atoms with E-state index in [2.05, 4.69) is 60.7 Å². The minimum Gasteiger partial charge on any atom is -0.379 e. The van der Waals surface area contributed by atoms with Crippen molar-refractivity contribution >= 4 is 0 Å². The summed E-state index contributed by atoms with van der Waals surface area (Å²) in [5.41, 5.74) is 2.24. The number of hydrogen-bond donors (Lipinski definition) is 0. The zero-order valence-electron chi connectivity index (χ0n) is 16.7. The Morgan fingerprint density at radius 3 is 1.64 bits per heavy atom. The first-order chi connectivity index (χ1) is 13.9. The number of ether oxygens (including phenoxy) is 4. The van der Waals surface area contributed by atoms with Crippen molar-refractivity contribution in [2.45, 2.75) is 31.3 Å². The summed E-state index contributed by atoms with van der Waals surface area (Å²) < 4.78 is 23.7. The molecular formula is C24H32O4. The molecule has 0 unspecified atom stereocenters. The maximum absolute atomic E-state index is 6.55. The topological polar surface area (TPSA) is 36.9 Å². The van der Waals surface area contributed by atoms with E-state index in [-0.39, 0.29) is 5.60 Å². The van der Waals surface area contributed by atoms with Crippen LogP contribution in [0.25, 0.3) is 0 Å². The Kier molecular flexibility index (Phi) is 8.98. The molecule has 1 aliphatic rings. The Hall–Kier alpha value is -1.72. The van der Waals surface area contributed by atoms with Crippen LogP contribution in [0, 0.1) is 0 Å². The summed E-state index contributed by atoms with van der Waals surface area (Å²) in [7, 11) is 0. The summed E-state index contributed by atoms with van der Waals surface area (Å²) in [5, 5.41) is 0. The molecule has 28 heavy (non-hydrogen) atoms. The predicted octanol–water partition coefficient (Wildman–Crippen LogP) is 4.07. The smallest absolute Gasteiger partial charge is 0.0785 e. The van der Waals surface area contributed by atoms with Gasteiger partial charge in [0.25, 0.3) is 0 Å². The first-order valence-electron chi connectivity index (χ1n) is 10.3. The highest BCUT2D eigenvalue weighted by Gasteiger charge is 2.32. The van der Waals surface area contributed by atoms with Gasteiger partial charge in [0.15, 0.2) is 0 Å². The van der Waals surface area contributed by atoms with E-state index in [9.17, 15) is 0 Å². The minimum atomic E-state index is -0.322. The first-order valence-corrected chi connectivity index (χ1v) is 10.3. The molecule has 1 aliphatic heterocycles. The minimum absolute atomic E-state index is 0.322. The third-order valence-corrected chi connectivity index (χ3v) is 5.03. The highest BCUT2D eigenvalue weighted by molar-refractivity contribution is 5.22. The lowest BCUT2D eigenvalue weighted by Crippen LogP contribution is -2.40. The molecule has 0 aliphatic carbocycles. The third kappa shape index (κ3) is 7.36. The summed E-state index contributed by atoms with van der Waals surface area (Å²) in [4.78, 5) is 0. The monoisotopic (exact) mass is 384 g/mol. The van der Waals surface area contributed by atoms with Gasteiger partial charge < -0.3 is 18.9 Å². The molecule has 0 bridgehead atoms. The molecule has 2 aromatic rings. The van der Waals surface area contributed by atoms with Crippen molar-refractivity contribution in [3.63, 3.8) is 0 Å². The Morgan fingerprint density at radius 1 is 0.571 bits per heavy atom. The Labute approximate surface area is 168 Å². The van der Waals surface area contributed by atoms with Gasteiger partial charge in [-0.2, -0.15) is 0 Å². The van der Waals surface area contributed by atoms with Crippen molar-refractivity contribution in [3.05, 3.63) is 71.8 Å². The Morgan fingerprint density at radius 2 is 1.07 bits per heavy atom. The van der Waals surface area contributed by atoms with E-state index in [1.165, 1.54) is 11.1 Å². The lowest BCUT2D eigenvalue weighted by molar-refractivity contribution is -0.0891. The van der Waals surface area contributed by atoms with Gasteiger partial charge in [0.2, 0.25) is 0 Å². The molecule has 3 rings (SSSR count). The van der Waals surface area contributed by atoms with Crippen molar-refractivity contribution in [2.24, 2.45) is 0 Å². The van der Waals surface area contributed by atoms with Gasteiger partial charge in [-0.1, -0.05) is 60.7 Å². The summed E-state index contributed by atoms with van der Waals surface area (Å²) >= 11 is 0. The summed E-state index contributed by atoms with van der Waals surface area (Å²) in [6.45, 7) is 4.51. The molecule has 4 heteroatoms. The Balaban J connectivity index is 1.76. The van der Waals surface area contributed by atoms with Gasteiger partial charge in [0.05, 0.1) is 32.0 Å². The van der Waals surface area contributed by atoms with E-state index < -0.39 is 0 Å². The van der Waals surface area contributed by atoms with E-state index in [4.69, 9.17) is 18.9 Å². The lowest BCUT2D eigenvalue weighted by Gasteiger charge is -2.35. The van der Waals surface area contributed by atoms with E-state index in [0.29, 0.717) is 39.6 Å². The van der Waals surface area contributed by atoms with E-state index in [1.807, 2.05) is 0 Å². The second kappa shape index (κ2) is 12.0. The largest absolute Gasteiger partial charge is 0.379 e. The second-order valence-electron chi connectivity index (χ2n) is 7.30. The van der Waals surface area contributed by atoms with E-state index in [0.717, 1.165) is 32.3 Å². The van der Waals surface area contributed by atoms with Crippen LogP contribution in [0.4, 0.5) is 0 Å². The second-order valence-corrected chi connectivity index (χ2v) is 7.30. The van der Waals surface area contributed by atoms with Crippen molar-refractivity contribution < 1.29 is 18.9 Å². The molecule has 4 nitrogen and oxygen atoms in total. The maximum atomic E-state index is 6.55. The first kappa shape index (κ1) is 21.0. The van der Waals surface area contributed by atoms with Gasteiger partial charge in [-0.15, -0.1) is 0 Å². The zero-order valence-corrected chi connectivity index (χ0v) is 16.7. The average Bonchev–Trinajstić information content (AvgIpc) is 2.73.